The third-order valence-electron chi connectivity index (χ3n) is 4.87. The first kappa shape index (κ1) is 23.5. The summed E-state index contributed by atoms with van der Waals surface area (Å²) in [4.78, 5) is 17.9. The number of hydrogen-bond acceptors (Lipinski definition) is 6. The highest BCUT2D eigenvalue weighted by molar-refractivity contribution is 7.73. The summed E-state index contributed by atoms with van der Waals surface area (Å²) in [7, 11) is 0. The average molecular weight is 468 g/mol. The Morgan fingerprint density at radius 1 is 1.28 bits per heavy atom. The van der Waals surface area contributed by atoms with E-state index in [1.54, 1.807) is 30.3 Å². The van der Waals surface area contributed by atoms with Crippen molar-refractivity contribution in [3.8, 4) is 11.8 Å². The lowest BCUT2D eigenvalue weighted by Crippen LogP contribution is -2.38. The summed E-state index contributed by atoms with van der Waals surface area (Å²) in [6, 6.07) is 13.9. The number of anilines is 1. The van der Waals surface area contributed by atoms with Crippen molar-refractivity contribution in [3.05, 3.63) is 57.6 Å². The zero-order chi connectivity index (χ0) is 23.3. The van der Waals surface area contributed by atoms with Gasteiger partial charge in [0.15, 0.2) is 9.53 Å². The molecule has 2 N–H and O–H groups in total. The van der Waals surface area contributed by atoms with Crippen molar-refractivity contribution in [2.24, 2.45) is 0 Å². The molecular formula is C24H25N3O3S2. The Labute approximate surface area is 196 Å². The third kappa shape index (κ3) is 5.18. The maximum Gasteiger partial charge on any atom is 0.273 e. The average Bonchev–Trinajstić information content (AvgIpc) is 3.14. The molecule has 0 saturated heterocycles. The summed E-state index contributed by atoms with van der Waals surface area (Å²) in [5.74, 6) is -0.255. The Balaban J connectivity index is 1.93. The number of benzene rings is 2. The number of unbranched alkanes of at least 4 members (excludes halogenated alkanes) is 1. The molecule has 0 unspecified atom stereocenters. The summed E-state index contributed by atoms with van der Waals surface area (Å²) in [5, 5.41) is 20.5. The van der Waals surface area contributed by atoms with Crippen molar-refractivity contribution in [2.75, 3.05) is 11.5 Å². The molecule has 32 heavy (non-hydrogen) atoms. The predicted octanol–water partition coefficient (Wildman–Crippen LogP) is 6.37. The molecule has 0 aliphatic carbocycles. The fourth-order valence-electron chi connectivity index (χ4n) is 3.24. The number of carbonyl (C=O) groups is 1. The summed E-state index contributed by atoms with van der Waals surface area (Å²) in [6.45, 7) is 6.41. The van der Waals surface area contributed by atoms with Crippen molar-refractivity contribution in [1.82, 2.24) is 4.98 Å². The number of fused-ring (bicyclic) bond motifs is 1. The smallest absolute Gasteiger partial charge is 0.273 e. The molecule has 6 nitrogen and oxygen atoms in total. The second kappa shape index (κ2) is 10.4. The molecule has 3 aromatic rings. The van der Waals surface area contributed by atoms with Gasteiger partial charge in [-0.05, 0) is 75.0 Å². The lowest BCUT2D eigenvalue weighted by atomic mass is 10.1. The summed E-state index contributed by atoms with van der Waals surface area (Å²) >= 11 is 6.62. The maximum absolute atomic E-state index is 13.3. The van der Waals surface area contributed by atoms with E-state index < -0.39 is 5.91 Å². The quantitative estimate of drug-likeness (QED) is 0.132. The Bertz CT molecular complexity index is 1230. The van der Waals surface area contributed by atoms with Crippen LogP contribution in [-0.4, -0.2) is 28.6 Å². The van der Waals surface area contributed by atoms with Gasteiger partial charge in [-0.1, -0.05) is 13.3 Å². The molecule has 0 radical (unpaired) electrons. The largest absolute Gasteiger partial charge is 0.506 e. The molecule has 8 heteroatoms. The molecule has 1 aromatic heterocycles. The number of aromatic amines is 1. The molecule has 0 fully saturated rings. The standard InChI is InChI=1S/C24H25N3O3S2/c1-4-5-12-30-18-9-6-16(7-10-18)22(28)19(14-25)23(29)27(15(2)3)17-8-11-20-21(13-17)32-24(31)26-20/h6-11,13,15,28H,4-5,12H2,1-3H3,(H,26,31)/b22-19+. The fraction of sp³-hybridized carbons (Fsp3) is 0.292. The molecular weight excluding hydrogens is 442 g/mol. The molecule has 1 heterocycles. The fourth-order valence-corrected chi connectivity index (χ4v) is 4.39. The molecule has 2 aromatic carbocycles. The highest BCUT2D eigenvalue weighted by Crippen LogP contribution is 2.29. The Morgan fingerprint density at radius 3 is 2.62 bits per heavy atom. The van der Waals surface area contributed by atoms with Crippen molar-refractivity contribution in [3.63, 3.8) is 0 Å². The van der Waals surface area contributed by atoms with Crippen LogP contribution in [0.2, 0.25) is 0 Å². The number of ether oxygens (including phenoxy) is 1. The van der Waals surface area contributed by atoms with Crippen LogP contribution in [0.25, 0.3) is 16.0 Å². The van der Waals surface area contributed by atoms with Crippen LogP contribution in [0.4, 0.5) is 5.69 Å². The van der Waals surface area contributed by atoms with Crippen LogP contribution in [0, 0.1) is 15.3 Å². The van der Waals surface area contributed by atoms with Gasteiger partial charge in [-0.2, -0.15) is 5.26 Å². The number of rotatable bonds is 8. The molecule has 0 bridgehead atoms. The van der Waals surface area contributed by atoms with Crippen LogP contribution in [0.15, 0.2) is 48.0 Å². The zero-order valence-electron chi connectivity index (χ0n) is 18.2. The second-order valence-corrected chi connectivity index (χ2v) is 9.24. The number of aliphatic hydroxyl groups excluding tert-OH is 1. The van der Waals surface area contributed by atoms with E-state index >= 15 is 0 Å². The van der Waals surface area contributed by atoms with Crippen LogP contribution < -0.4 is 9.64 Å². The van der Waals surface area contributed by atoms with E-state index in [0.717, 1.165) is 23.1 Å². The number of nitrogens with one attached hydrogen (secondary N) is 1. The van der Waals surface area contributed by atoms with E-state index in [0.29, 0.717) is 27.6 Å². The van der Waals surface area contributed by atoms with E-state index in [2.05, 4.69) is 11.9 Å². The molecule has 3 rings (SSSR count). The van der Waals surface area contributed by atoms with Gasteiger partial charge >= 0.3 is 0 Å². The number of nitriles is 1. The monoisotopic (exact) mass is 467 g/mol. The minimum absolute atomic E-state index is 0.239. The number of H-pyrrole nitrogens is 1. The predicted molar refractivity (Wildman–Crippen MR) is 132 cm³/mol. The van der Waals surface area contributed by atoms with Crippen LogP contribution in [0.1, 0.15) is 39.2 Å². The topological polar surface area (TPSA) is 89.3 Å². The Morgan fingerprint density at radius 2 is 2.00 bits per heavy atom. The number of hydrogen-bond donors (Lipinski definition) is 2. The van der Waals surface area contributed by atoms with Crippen molar-refractivity contribution in [1.29, 1.82) is 5.26 Å². The molecule has 0 aliphatic rings. The van der Waals surface area contributed by atoms with Crippen LogP contribution >= 0.6 is 23.6 Å². The number of aromatic nitrogens is 1. The first-order valence-corrected chi connectivity index (χ1v) is 11.6. The minimum Gasteiger partial charge on any atom is -0.506 e. The normalized spacial score (nSPS) is 11.8. The zero-order valence-corrected chi connectivity index (χ0v) is 19.8. The maximum atomic E-state index is 13.3. The van der Waals surface area contributed by atoms with Gasteiger partial charge in [0.1, 0.15) is 17.6 Å². The van der Waals surface area contributed by atoms with Crippen LogP contribution in [-0.2, 0) is 4.79 Å². The minimum atomic E-state index is -0.568. The first-order chi connectivity index (χ1) is 15.3. The molecule has 166 valence electrons. The van der Waals surface area contributed by atoms with E-state index in [1.807, 2.05) is 32.0 Å². The van der Waals surface area contributed by atoms with E-state index in [4.69, 9.17) is 17.0 Å². The lowest BCUT2D eigenvalue weighted by Gasteiger charge is -2.27. The number of nitrogens with zero attached hydrogens (tertiary/aromatic N) is 2. The van der Waals surface area contributed by atoms with Gasteiger partial charge in [-0.25, -0.2) is 0 Å². The first-order valence-electron chi connectivity index (χ1n) is 10.4. The van der Waals surface area contributed by atoms with E-state index in [9.17, 15) is 15.2 Å². The van der Waals surface area contributed by atoms with Crippen LogP contribution in [0.3, 0.4) is 0 Å². The number of amides is 1. The van der Waals surface area contributed by atoms with Gasteiger partial charge in [0, 0.05) is 17.3 Å². The van der Waals surface area contributed by atoms with E-state index in [-0.39, 0.29) is 17.4 Å². The van der Waals surface area contributed by atoms with Gasteiger partial charge in [-0.15, -0.1) is 11.3 Å². The SMILES string of the molecule is CCCCOc1ccc(/C(O)=C(/C#N)C(=O)N(c2ccc3[nH]c(=S)sc3c2)C(C)C)cc1. The summed E-state index contributed by atoms with van der Waals surface area (Å²) in [6.07, 6.45) is 1.99. The van der Waals surface area contributed by atoms with Gasteiger partial charge < -0.3 is 19.7 Å². The molecule has 1 amide bonds. The lowest BCUT2D eigenvalue weighted by molar-refractivity contribution is -0.115. The van der Waals surface area contributed by atoms with Gasteiger partial charge in [-0.3, -0.25) is 4.79 Å². The van der Waals surface area contributed by atoms with Crippen molar-refractivity contribution < 1.29 is 14.6 Å². The van der Waals surface area contributed by atoms with Crippen LogP contribution in [0.5, 0.6) is 5.75 Å². The third-order valence-corrected chi connectivity index (χ3v) is 6.07. The summed E-state index contributed by atoms with van der Waals surface area (Å²) in [5.41, 5.74) is 1.57. The Hall–Kier alpha value is -3.15. The van der Waals surface area contributed by atoms with Gasteiger partial charge in [0.05, 0.1) is 16.8 Å². The highest BCUT2D eigenvalue weighted by atomic mass is 32.1. The number of carbonyl (C=O) groups excluding carboxylic acids is 1. The second-order valence-electron chi connectivity index (χ2n) is 7.53. The van der Waals surface area contributed by atoms with E-state index in [1.165, 1.54) is 16.2 Å². The Kier molecular flexibility index (Phi) is 7.67. The summed E-state index contributed by atoms with van der Waals surface area (Å²) < 4.78 is 7.20. The number of aliphatic hydroxyl groups is 1. The van der Waals surface area contributed by atoms with Gasteiger partial charge in [0.2, 0.25) is 0 Å². The highest BCUT2D eigenvalue weighted by Gasteiger charge is 2.26. The van der Waals surface area contributed by atoms with Crippen molar-refractivity contribution in [2.45, 2.75) is 39.7 Å². The van der Waals surface area contributed by atoms with Gasteiger partial charge in [0.25, 0.3) is 5.91 Å². The number of thiazole rings is 1. The molecule has 0 spiro atoms. The molecule has 0 saturated carbocycles. The molecule has 0 atom stereocenters. The van der Waals surface area contributed by atoms with Crippen molar-refractivity contribution >= 4 is 51.1 Å². The molecule has 0 aliphatic heterocycles.